The van der Waals surface area contributed by atoms with E-state index < -0.39 is 21.5 Å². The highest BCUT2D eigenvalue weighted by Gasteiger charge is 2.33. The summed E-state index contributed by atoms with van der Waals surface area (Å²) < 4.78 is 33.4. The summed E-state index contributed by atoms with van der Waals surface area (Å²) in [5.74, 6) is -0.689. The lowest BCUT2D eigenvalue weighted by molar-refractivity contribution is -0.132. The molecule has 2 amide bonds. The van der Waals surface area contributed by atoms with Crippen molar-refractivity contribution in [2.24, 2.45) is 0 Å². The summed E-state index contributed by atoms with van der Waals surface area (Å²) >= 11 is 0. The van der Waals surface area contributed by atoms with Crippen LogP contribution in [-0.2, 0) is 26.0 Å². The number of sulfonamides is 1. The minimum atomic E-state index is -3.90. The summed E-state index contributed by atoms with van der Waals surface area (Å²) in [5.41, 5.74) is 2.43. The smallest absolute Gasteiger partial charge is 0.277 e. The van der Waals surface area contributed by atoms with Crippen LogP contribution in [0.2, 0.25) is 0 Å². The van der Waals surface area contributed by atoms with Crippen molar-refractivity contribution in [2.75, 3.05) is 23.7 Å². The van der Waals surface area contributed by atoms with Crippen LogP contribution in [-0.4, -0.2) is 44.7 Å². The monoisotopic (exact) mass is 633 g/mol. The molecule has 0 aromatic heterocycles. The topological polar surface area (TPSA) is 105 Å². The third-order valence-corrected chi connectivity index (χ3v) is 9.34. The Kier molecular flexibility index (Phi) is 12.0. The number of hydrogen-bond donors (Lipinski definition) is 2. The van der Waals surface area contributed by atoms with Crippen molar-refractivity contribution in [3.05, 3.63) is 95.6 Å². The third kappa shape index (κ3) is 10.3. The first-order chi connectivity index (χ1) is 21.6. The van der Waals surface area contributed by atoms with Gasteiger partial charge in [-0.25, -0.2) is 13.1 Å². The van der Waals surface area contributed by atoms with Crippen LogP contribution in [0.1, 0.15) is 82.9 Å². The fourth-order valence-corrected chi connectivity index (χ4v) is 6.94. The Labute approximate surface area is 268 Å². The zero-order valence-electron chi connectivity index (χ0n) is 26.8. The number of amides is 2. The Morgan fingerprint density at radius 2 is 1.71 bits per heavy atom. The summed E-state index contributed by atoms with van der Waals surface area (Å²) in [7, 11) is -3.90. The predicted octanol–water partition coefficient (Wildman–Crippen LogP) is 6.31. The lowest BCUT2D eigenvalue weighted by Crippen LogP contribution is -2.49. The Balaban J connectivity index is 1.35. The molecule has 1 unspecified atom stereocenters. The van der Waals surface area contributed by atoms with Gasteiger partial charge in [0.2, 0.25) is 15.9 Å². The number of carbonyl (C=O) groups excluding carboxylic acids is 2. The molecule has 0 spiro atoms. The molecule has 0 bridgehead atoms. The number of ether oxygens (including phenoxy) is 1. The second-order valence-electron chi connectivity index (χ2n) is 12.3. The molecule has 0 radical (unpaired) electrons. The summed E-state index contributed by atoms with van der Waals surface area (Å²) in [4.78, 5) is 28.6. The number of anilines is 1. The summed E-state index contributed by atoms with van der Waals surface area (Å²) in [6.45, 7) is 7.29. The van der Waals surface area contributed by atoms with E-state index in [0.717, 1.165) is 37.9 Å². The standard InChI is InChI=1S/C36H47N3O5S/c1-4-5-18-32(31-17-11-12-19-33(31)39-24-13-8-14-25-39)37-34(40)26-28-20-22-30(23-21-28)44-36(2,3)35(41)38-45(42,43)27-29-15-9-6-7-10-16-29/h6-7,9-12,15,17,19-23,32H,4-5,8,13-14,16,18,24-27H2,1-3H3,(H,37,40)(H,38,41). The zero-order valence-corrected chi connectivity index (χ0v) is 27.6. The Morgan fingerprint density at radius 3 is 2.44 bits per heavy atom. The van der Waals surface area contributed by atoms with Crippen LogP contribution >= 0.6 is 0 Å². The van der Waals surface area contributed by atoms with E-state index in [2.05, 4.69) is 46.1 Å². The van der Waals surface area contributed by atoms with Gasteiger partial charge in [0.1, 0.15) is 5.75 Å². The molecule has 2 N–H and O–H groups in total. The normalized spacial score (nSPS) is 16.0. The van der Waals surface area contributed by atoms with Gasteiger partial charge in [-0.05, 0) is 80.9 Å². The highest BCUT2D eigenvalue weighted by atomic mass is 32.2. The van der Waals surface area contributed by atoms with Gasteiger partial charge in [0.15, 0.2) is 5.60 Å². The molecule has 1 saturated heterocycles. The van der Waals surface area contributed by atoms with E-state index in [9.17, 15) is 18.0 Å². The summed E-state index contributed by atoms with van der Waals surface area (Å²) in [6.07, 6.45) is 16.4. The van der Waals surface area contributed by atoms with Crippen molar-refractivity contribution in [3.63, 3.8) is 0 Å². The number of rotatable bonds is 14. The molecular weight excluding hydrogens is 586 g/mol. The number of para-hydroxylation sites is 1. The molecule has 1 fully saturated rings. The van der Waals surface area contributed by atoms with Crippen LogP contribution in [0.3, 0.4) is 0 Å². The SMILES string of the molecule is CCCCC(NC(=O)Cc1ccc(OC(C)(C)C(=O)NS(=O)(=O)CC2=CC=CC=CC2)cc1)c1ccccc1N1CCCCC1. The molecule has 2 aromatic carbocycles. The Morgan fingerprint density at radius 1 is 0.978 bits per heavy atom. The van der Waals surface area contributed by atoms with E-state index in [1.165, 1.54) is 44.4 Å². The van der Waals surface area contributed by atoms with Gasteiger partial charge in [-0.1, -0.05) is 80.5 Å². The maximum absolute atomic E-state index is 13.3. The number of hydrogen-bond acceptors (Lipinski definition) is 6. The lowest BCUT2D eigenvalue weighted by atomic mass is 9.97. The molecule has 1 aliphatic carbocycles. The van der Waals surface area contributed by atoms with Crippen LogP contribution in [0.5, 0.6) is 5.75 Å². The summed E-state index contributed by atoms with van der Waals surface area (Å²) in [6, 6.07) is 15.3. The Hall–Kier alpha value is -3.85. The van der Waals surface area contributed by atoms with E-state index in [4.69, 9.17) is 4.74 Å². The molecule has 45 heavy (non-hydrogen) atoms. The average Bonchev–Trinajstić information content (AvgIpc) is 3.28. The van der Waals surface area contributed by atoms with Gasteiger partial charge >= 0.3 is 0 Å². The molecular formula is C36H47N3O5S. The molecule has 1 aliphatic heterocycles. The van der Waals surface area contributed by atoms with E-state index in [1.807, 2.05) is 18.2 Å². The fourth-order valence-electron chi connectivity index (χ4n) is 5.64. The minimum Gasteiger partial charge on any atom is -0.478 e. The van der Waals surface area contributed by atoms with Crippen molar-refractivity contribution in [1.29, 1.82) is 0 Å². The van der Waals surface area contributed by atoms with E-state index in [1.54, 1.807) is 36.4 Å². The number of carbonyl (C=O) groups is 2. The number of nitrogens with zero attached hydrogens (tertiary/aromatic N) is 1. The van der Waals surface area contributed by atoms with E-state index >= 15 is 0 Å². The molecule has 8 nitrogen and oxygen atoms in total. The van der Waals surface area contributed by atoms with E-state index in [-0.39, 0.29) is 24.1 Å². The quantitative estimate of drug-likeness (QED) is 0.253. The van der Waals surface area contributed by atoms with Gasteiger partial charge in [-0.3, -0.25) is 9.59 Å². The Bertz CT molecular complexity index is 1500. The minimum absolute atomic E-state index is 0.0575. The molecule has 1 atom stereocenters. The largest absolute Gasteiger partial charge is 0.478 e. The first kappa shape index (κ1) is 34.0. The predicted molar refractivity (Wildman–Crippen MR) is 181 cm³/mol. The van der Waals surface area contributed by atoms with Gasteiger partial charge in [0, 0.05) is 18.8 Å². The molecule has 2 aliphatic rings. The van der Waals surface area contributed by atoms with Crippen LogP contribution in [0, 0.1) is 0 Å². The second kappa shape index (κ2) is 15.9. The number of benzene rings is 2. The maximum Gasteiger partial charge on any atom is 0.277 e. The van der Waals surface area contributed by atoms with Gasteiger partial charge < -0.3 is 15.0 Å². The highest BCUT2D eigenvalue weighted by molar-refractivity contribution is 7.90. The van der Waals surface area contributed by atoms with E-state index in [0.29, 0.717) is 17.7 Å². The number of nitrogens with one attached hydrogen (secondary N) is 2. The molecule has 9 heteroatoms. The molecule has 242 valence electrons. The number of piperidine rings is 1. The second-order valence-corrected chi connectivity index (χ2v) is 14.1. The highest BCUT2D eigenvalue weighted by Crippen LogP contribution is 2.31. The molecule has 4 rings (SSSR count). The fraction of sp³-hybridized carbons (Fsp3) is 0.444. The van der Waals surface area contributed by atoms with Crippen molar-refractivity contribution >= 4 is 27.5 Å². The van der Waals surface area contributed by atoms with Crippen LogP contribution < -0.4 is 19.7 Å². The molecule has 0 saturated carbocycles. The van der Waals surface area contributed by atoms with Gasteiger partial charge in [0.25, 0.3) is 5.91 Å². The number of allylic oxidation sites excluding steroid dienone is 5. The number of unbranched alkanes of at least 4 members (excludes halogenated alkanes) is 1. The zero-order chi connectivity index (χ0) is 32.3. The van der Waals surface area contributed by atoms with Crippen LogP contribution in [0.25, 0.3) is 0 Å². The molecule has 1 heterocycles. The average molecular weight is 634 g/mol. The van der Waals surface area contributed by atoms with Crippen LogP contribution in [0.15, 0.2) is 84.5 Å². The van der Waals surface area contributed by atoms with Crippen molar-refractivity contribution < 1.29 is 22.7 Å². The maximum atomic E-state index is 13.3. The van der Waals surface area contributed by atoms with Crippen LogP contribution in [0.4, 0.5) is 5.69 Å². The summed E-state index contributed by atoms with van der Waals surface area (Å²) in [5, 5.41) is 3.30. The van der Waals surface area contributed by atoms with Gasteiger partial charge in [-0.2, -0.15) is 0 Å². The van der Waals surface area contributed by atoms with Crippen molar-refractivity contribution in [2.45, 2.75) is 83.8 Å². The van der Waals surface area contributed by atoms with Gasteiger partial charge in [-0.15, -0.1) is 0 Å². The molecule has 2 aromatic rings. The lowest BCUT2D eigenvalue weighted by Gasteiger charge is -2.33. The van der Waals surface area contributed by atoms with Crippen molar-refractivity contribution in [3.8, 4) is 5.75 Å². The first-order valence-electron chi connectivity index (χ1n) is 16.0. The third-order valence-electron chi connectivity index (χ3n) is 8.09. The van der Waals surface area contributed by atoms with Crippen molar-refractivity contribution in [1.82, 2.24) is 10.0 Å². The first-order valence-corrected chi connectivity index (χ1v) is 17.7. The van der Waals surface area contributed by atoms with Gasteiger partial charge in [0.05, 0.1) is 18.2 Å².